The summed E-state index contributed by atoms with van der Waals surface area (Å²) in [7, 11) is 0. The predicted molar refractivity (Wildman–Crippen MR) is 108 cm³/mol. The Morgan fingerprint density at radius 2 is 1.69 bits per heavy atom. The lowest BCUT2D eigenvalue weighted by molar-refractivity contribution is -0.119. The van der Waals surface area contributed by atoms with Crippen molar-refractivity contribution in [2.45, 2.75) is 31.5 Å². The molecule has 0 saturated carbocycles. The number of hydrogen-bond acceptors (Lipinski definition) is 3. The molecule has 0 saturated heterocycles. The fourth-order valence-corrected chi connectivity index (χ4v) is 3.27. The topological polar surface area (TPSA) is 57.8 Å². The minimum atomic E-state index is 0.0308. The van der Waals surface area contributed by atoms with Gasteiger partial charge in [0.1, 0.15) is 0 Å². The van der Waals surface area contributed by atoms with Crippen molar-refractivity contribution in [2.24, 2.45) is 0 Å². The van der Waals surface area contributed by atoms with Crippen LogP contribution in [-0.2, 0) is 4.79 Å². The van der Waals surface area contributed by atoms with Gasteiger partial charge in [-0.25, -0.2) is 4.98 Å². The molecule has 134 valence electrons. The van der Waals surface area contributed by atoms with E-state index < -0.39 is 0 Å². The molecule has 2 aromatic carbocycles. The van der Waals surface area contributed by atoms with Crippen LogP contribution in [-0.4, -0.2) is 27.7 Å². The largest absolute Gasteiger partial charge is 0.353 e. The molecule has 5 heteroatoms. The second-order valence-corrected chi connectivity index (χ2v) is 7.13. The number of rotatable bonds is 7. The number of imidazole rings is 1. The molecule has 0 spiro atoms. The number of thioether (sulfide) groups is 1. The SMILES string of the molecule is CC[C@@H](C)NC(=O)CSc1nc(-c2ccccc2)c(-c2ccccc2)[nH]1. The highest BCUT2D eigenvalue weighted by molar-refractivity contribution is 7.99. The number of aromatic nitrogens is 2. The Balaban J connectivity index is 1.84. The zero-order valence-electron chi connectivity index (χ0n) is 15.0. The monoisotopic (exact) mass is 365 g/mol. The van der Waals surface area contributed by atoms with Gasteiger partial charge in [-0.05, 0) is 13.3 Å². The highest BCUT2D eigenvalue weighted by atomic mass is 32.2. The lowest BCUT2D eigenvalue weighted by Crippen LogP contribution is -2.33. The van der Waals surface area contributed by atoms with Crippen molar-refractivity contribution in [2.75, 3.05) is 5.75 Å². The third-order valence-corrected chi connectivity index (χ3v) is 5.02. The van der Waals surface area contributed by atoms with Crippen LogP contribution in [0.25, 0.3) is 22.5 Å². The van der Waals surface area contributed by atoms with Crippen LogP contribution < -0.4 is 5.32 Å². The van der Waals surface area contributed by atoms with Gasteiger partial charge in [0, 0.05) is 17.2 Å². The van der Waals surface area contributed by atoms with Gasteiger partial charge in [-0.3, -0.25) is 4.79 Å². The van der Waals surface area contributed by atoms with Crippen molar-refractivity contribution in [3.63, 3.8) is 0 Å². The van der Waals surface area contributed by atoms with Gasteiger partial charge < -0.3 is 10.3 Å². The van der Waals surface area contributed by atoms with E-state index in [2.05, 4.69) is 29.4 Å². The van der Waals surface area contributed by atoms with E-state index in [-0.39, 0.29) is 11.9 Å². The highest BCUT2D eigenvalue weighted by Gasteiger charge is 2.15. The van der Waals surface area contributed by atoms with E-state index in [9.17, 15) is 4.79 Å². The molecule has 0 aliphatic carbocycles. The Hall–Kier alpha value is -2.53. The molecule has 3 aromatic rings. The number of H-pyrrole nitrogens is 1. The van der Waals surface area contributed by atoms with Crippen LogP contribution in [0.1, 0.15) is 20.3 Å². The summed E-state index contributed by atoms with van der Waals surface area (Å²) in [4.78, 5) is 20.2. The zero-order chi connectivity index (χ0) is 18.4. The molecule has 3 rings (SSSR count). The Morgan fingerprint density at radius 1 is 1.08 bits per heavy atom. The van der Waals surface area contributed by atoms with Crippen LogP contribution in [0.5, 0.6) is 0 Å². The number of benzene rings is 2. The first-order valence-electron chi connectivity index (χ1n) is 8.80. The minimum Gasteiger partial charge on any atom is -0.353 e. The summed E-state index contributed by atoms with van der Waals surface area (Å²) in [5.74, 6) is 0.378. The summed E-state index contributed by atoms with van der Waals surface area (Å²) in [5.41, 5.74) is 4.01. The number of carbonyl (C=O) groups excluding carboxylic acids is 1. The van der Waals surface area contributed by atoms with Crippen molar-refractivity contribution < 1.29 is 4.79 Å². The van der Waals surface area contributed by atoms with Crippen molar-refractivity contribution >= 4 is 17.7 Å². The first-order chi connectivity index (χ1) is 12.7. The summed E-state index contributed by atoms with van der Waals surface area (Å²) in [5, 5.41) is 3.74. The molecule has 1 amide bonds. The number of amides is 1. The van der Waals surface area contributed by atoms with E-state index in [1.165, 1.54) is 11.8 Å². The fraction of sp³-hybridized carbons (Fsp3) is 0.238. The van der Waals surface area contributed by atoms with Crippen LogP contribution in [0.4, 0.5) is 0 Å². The number of aromatic amines is 1. The van der Waals surface area contributed by atoms with Crippen molar-refractivity contribution in [3.05, 3.63) is 60.7 Å². The quantitative estimate of drug-likeness (QED) is 0.594. The van der Waals surface area contributed by atoms with Crippen molar-refractivity contribution in [1.29, 1.82) is 0 Å². The minimum absolute atomic E-state index is 0.0308. The molecule has 0 aliphatic heterocycles. The molecule has 0 fully saturated rings. The molecule has 0 bridgehead atoms. The highest BCUT2D eigenvalue weighted by Crippen LogP contribution is 2.32. The smallest absolute Gasteiger partial charge is 0.230 e. The number of nitrogens with one attached hydrogen (secondary N) is 2. The van der Waals surface area contributed by atoms with Gasteiger partial charge in [0.15, 0.2) is 5.16 Å². The maximum atomic E-state index is 12.0. The molecule has 1 heterocycles. The van der Waals surface area contributed by atoms with Crippen LogP contribution in [0.15, 0.2) is 65.8 Å². The Labute approximate surface area is 158 Å². The molecule has 26 heavy (non-hydrogen) atoms. The van der Waals surface area contributed by atoms with E-state index >= 15 is 0 Å². The van der Waals surface area contributed by atoms with Gasteiger partial charge in [0.25, 0.3) is 0 Å². The van der Waals surface area contributed by atoms with Crippen LogP contribution >= 0.6 is 11.8 Å². The number of nitrogens with zero attached hydrogens (tertiary/aromatic N) is 1. The third kappa shape index (κ3) is 4.55. The van der Waals surface area contributed by atoms with Crippen LogP contribution in [0.3, 0.4) is 0 Å². The fourth-order valence-electron chi connectivity index (χ4n) is 2.59. The summed E-state index contributed by atoms with van der Waals surface area (Å²) in [6.45, 7) is 4.07. The molecule has 1 aromatic heterocycles. The molecular formula is C21H23N3OS. The summed E-state index contributed by atoms with van der Waals surface area (Å²) < 4.78 is 0. The summed E-state index contributed by atoms with van der Waals surface area (Å²) in [6, 6.07) is 20.4. The maximum absolute atomic E-state index is 12.0. The lowest BCUT2D eigenvalue weighted by atomic mass is 10.1. The molecule has 0 aliphatic rings. The summed E-state index contributed by atoms with van der Waals surface area (Å²) in [6.07, 6.45) is 0.924. The van der Waals surface area contributed by atoms with Gasteiger partial charge >= 0.3 is 0 Å². The first kappa shape index (κ1) is 18.3. The standard InChI is InChI=1S/C21H23N3OS/c1-3-15(2)22-18(25)14-26-21-23-19(16-10-6-4-7-11-16)20(24-21)17-12-8-5-9-13-17/h4-13,15H,3,14H2,1-2H3,(H,22,25)(H,23,24)/t15-/m1/s1. The second-order valence-electron chi connectivity index (χ2n) is 6.16. The van der Waals surface area contributed by atoms with Crippen molar-refractivity contribution in [1.82, 2.24) is 15.3 Å². The average molecular weight is 366 g/mol. The summed E-state index contributed by atoms with van der Waals surface area (Å²) >= 11 is 1.43. The molecule has 4 nitrogen and oxygen atoms in total. The molecular weight excluding hydrogens is 342 g/mol. The number of carbonyl (C=O) groups is 1. The van der Waals surface area contributed by atoms with Gasteiger partial charge in [0.2, 0.25) is 5.91 Å². The third-order valence-electron chi connectivity index (χ3n) is 4.15. The second kappa shape index (κ2) is 8.72. The molecule has 0 unspecified atom stereocenters. The van der Waals surface area contributed by atoms with Gasteiger partial charge in [0.05, 0.1) is 17.1 Å². The van der Waals surface area contributed by atoms with E-state index in [4.69, 9.17) is 4.98 Å². The maximum Gasteiger partial charge on any atom is 0.230 e. The normalized spacial score (nSPS) is 11.9. The lowest BCUT2D eigenvalue weighted by Gasteiger charge is -2.10. The van der Waals surface area contributed by atoms with Crippen molar-refractivity contribution in [3.8, 4) is 22.5 Å². The van der Waals surface area contributed by atoms with Gasteiger partial charge in [-0.15, -0.1) is 0 Å². The zero-order valence-corrected chi connectivity index (χ0v) is 15.8. The molecule has 0 radical (unpaired) electrons. The van der Waals surface area contributed by atoms with E-state index in [1.807, 2.05) is 55.5 Å². The van der Waals surface area contributed by atoms with Gasteiger partial charge in [-0.2, -0.15) is 0 Å². The predicted octanol–water partition coefficient (Wildman–Crippen LogP) is 4.75. The number of hydrogen-bond donors (Lipinski definition) is 2. The Bertz CT molecular complexity index is 789. The average Bonchev–Trinajstić information content (AvgIpc) is 3.12. The van der Waals surface area contributed by atoms with Crippen LogP contribution in [0.2, 0.25) is 0 Å². The van der Waals surface area contributed by atoms with Gasteiger partial charge in [-0.1, -0.05) is 79.3 Å². The van der Waals surface area contributed by atoms with Crippen LogP contribution in [0, 0.1) is 0 Å². The van der Waals surface area contributed by atoms with E-state index in [0.29, 0.717) is 5.75 Å². The Morgan fingerprint density at radius 3 is 2.31 bits per heavy atom. The van der Waals surface area contributed by atoms with E-state index in [0.717, 1.165) is 34.1 Å². The molecule has 1 atom stereocenters. The Kier molecular flexibility index (Phi) is 6.12. The van der Waals surface area contributed by atoms with E-state index in [1.54, 1.807) is 0 Å². The first-order valence-corrected chi connectivity index (χ1v) is 9.79. The molecule has 2 N–H and O–H groups in total.